The molecular weight excluding hydrogens is 424 g/mol. The summed E-state index contributed by atoms with van der Waals surface area (Å²) in [7, 11) is 1.69. The summed E-state index contributed by atoms with van der Waals surface area (Å²) in [6.07, 6.45) is 3.88. The predicted molar refractivity (Wildman–Crippen MR) is 121 cm³/mol. The lowest BCUT2D eigenvalue weighted by molar-refractivity contribution is -0.124. The standard InChI is InChI=1S/C25H38N2O6/c1-6-26-22(28)19-15-11-27(12-16(15)19)23(29)32-17-9-10-25(13-31-25)21(20(17)30-5)24(4)18(33-24)8-7-14(2)3/h7,15-21H,6,8-13H2,1-5H3,(H,26,28)/t15-,16+,17-,18-,19+,20-,21?,24+,25+/m1/s1. The van der Waals surface area contributed by atoms with Crippen LogP contribution in [0.4, 0.5) is 4.79 Å². The zero-order valence-corrected chi connectivity index (χ0v) is 20.5. The largest absolute Gasteiger partial charge is 0.443 e. The molecule has 3 aliphatic heterocycles. The van der Waals surface area contributed by atoms with Crippen LogP contribution < -0.4 is 5.32 Å². The maximum atomic E-state index is 13.0. The summed E-state index contributed by atoms with van der Waals surface area (Å²) in [6.45, 7) is 10.8. The van der Waals surface area contributed by atoms with E-state index in [1.165, 1.54) is 5.57 Å². The molecule has 5 aliphatic rings. The van der Waals surface area contributed by atoms with Crippen molar-refractivity contribution in [3.05, 3.63) is 11.6 Å². The number of carbonyl (C=O) groups is 2. The van der Waals surface area contributed by atoms with E-state index >= 15 is 0 Å². The zero-order chi connectivity index (χ0) is 23.5. The second-order valence-electron chi connectivity index (χ2n) is 11.0. The van der Waals surface area contributed by atoms with E-state index < -0.39 is 0 Å². The van der Waals surface area contributed by atoms with Crippen LogP contribution in [0.2, 0.25) is 0 Å². The van der Waals surface area contributed by atoms with Gasteiger partial charge in [0.2, 0.25) is 5.91 Å². The quantitative estimate of drug-likeness (QED) is 0.462. The molecule has 1 unspecified atom stereocenters. The lowest BCUT2D eigenvalue weighted by Gasteiger charge is -2.43. The van der Waals surface area contributed by atoms with Gasteiger partial charge in [0.05, 0.1) is 18.6 Å². The molecule has 0 bridgehead atoms. The van der Waals surface area contributed by atoms with Gasteiger partial charge in [-0.3, -0.25) is 4.79 Å². The molecule has 0 aromatic heterocycles. The van der Waals surface area contributed by atoms with Crippen LogP contribution in [0.3, 0.4) is 0 Å². The van der Waals surface area contributed by atoms with Crippen LogP contribution in [0.1, 0.15) is 47.0 Å². The Morgan fingerprint density at radius 2 is 1.94 bits per heavy atom. The molecular formula is C25H38N2O6. The van der Waals surface area contributed by atoms with Crippen LogP contribution in [-0.2, 0) is 23.7 Å². The normalized spacial score (nSPS) is 44.8. The van der Waals surface area contributed by atoms with E-state index in [0.717, 1.165) is 19.3 Å². The number of hydrogen-bond acceptors (Lipinski definition) is 6. The van der Waals surface area contributed by atoms with E-state index in [9.17, 15) is 9.59 Å². The first-order valence-electron chi connectivity index (χ1n) is 12.4. The molecule has 5 rings (SSSR count). The van der Waals surface area contributed by atoms with Crippen molar-refractivity contribution in [3.63, 3.8) is 0 Å². The SMILES string of the molecule is CCNC(=O)[C@H]1[C@@H]2CN(C(=O)O[C@@H]3CC[C@]4(CO4)C([C@@]4(C)O[C@@H]4CC=C(C)C)[C@@H]3OC)C[C@@H]21. The third-order valence-electron chi connectivity index (χ3n) is 8.60. The van der Waals surface area contributed by atoms with Crippen LogP contribution in [0.5, 0.6) is 0 Å². The highest BCUT2D eigenvalue weighted by molar-refractivity contribution is 5.83. The smallest absolute Gasteiger partial charge is 0.410 e. The van der Waals surface area contributed by atoms with Crippen molar-refractivity contribution < 1.29 is 28.5 Å². The number of nitrogens with zero attached hydrogens (tertiary/aromatic N) is 1. The minimum atomic E-state index is -0.344. The van der Waals surface area contributed by atoms with Gasteiger partial charge in [-0.05, 0) is 58.8 Å². The van der Waals surface area contributed by atoms with Gasteiger partial charge < -0.3 is 29.2 Å². The maximum Gasteiger partial charge on any atom is 0.410 e. The molecule has 2 amide bonds. The van der Waals surface area contributed by atoms with Crippen LogP contribution in [-0.4, -0.2) is 79.8 Å². The van der Waals surface area contributed by atoms with E-state index in [2.05, 4.69) is 32.2 Å². The minimum absolute atomic E-state index is 0.0196. The average molecular weight is 463 g/mol. The number of likely N-dealkylation sites (tertiary alicyclic amines) is 1. The number of rotatable bonds is 7. The van der Waals surface area contributed by atoms with E-state index in [-0.39, 0.29) is 65.2 Å². The van der Waals surface area contributed by atoms with Crippen molar-refractivity contribution in [2.24, 2.45) is 23.7 Å². The minimum Gasteiger partial charge on any atom is -0.443 e. The number of hydrogen-bond donors (Lipinski definition) is 1. The monoisotopic (exact) mass is 462 g/mol. The molecule has 33 heavy (non-hydrogen) atoms. The number of ether oxygens (including phenoxy) is 4. The molecule has 1 spiro atoms. The highest BCUT2D eigenvalue weighted by atomic mass is 16.6. The molecule has 8 nitrogen and oxygen atoms in total. The number of piperidine rings is 1. The van der Waals surface area contributed by atoms with Gasteiger partial charge in [0.1, 0.15) is 23.4 Å². The van der Waals surface area contributed by atoms with E-state index in [4.69, 9.17) is 18.9 Å². The Labute approximate surface area is 196 Å². The molecule has 2 saturated carbocycles. The summed E-state index contributed by atoms with van der Waals surface area (Å²) >= 11 is 0. The second kappa shape index (κ2) is 8.24. The summed E-state index contributed by atoms with van der Waals surface area (Å²) in [5, 5.41) is 2.90. The summed E-state index contributed by atoms with van der Waals surface area (Å²) in [4.78, 5) is 26.9. The van der Waals surface area contributed by atoms with E-state index in [1.54, 1.807) is 12.0 Å². The maximum absolute atomic E-state index is 13.0. The summed E-state index contributed by atoms with van der Waals surface area (Å²) in [6, 6.07) is 0. The molecule has 184 valence electrons. The summed E-state index contributed by atoms with van der Waals surface area (Å²) in [5.74, 6) is 0.714. The van der Waals surface area contributed by atoms with Gasteiger partial charge in [0.25, 0.3) is 0 Å². The van der Waals surface area contributed by atoms with Gasteiger partial charge >= 0.3 is 6.09 Å². The van der Waals surface area contributed by atoms with E-state index in [0.29, 0.717) is 26.2 Å². The van der Waals surface area contributed by atoms with Crippen LogP contribution in [0.15, 0.2) is 11.6 Å². The van der Waals surface area contributed by atoms with Crippen LogP contribution in [0.25, 0.3) is 0 Å². The number of fused-ring (bicyclic) bond motifs is 1. The lowest BCUT2D eigenvalue weighted by Crippen LogP contribution is -2.56. The van der Waals surface area contributed by atoms with Crippen molar-refractivity contribution in [3.8, 4) is 0 Å². The van der Waals surface area contributed by atoms with Gasteiger partial charge in [-0.1, -0.05) is 11.6 Å². The van der Waals surface area contributed by atoms with Gasteiger partial charge in [-0.2, -0.15) is 0 Å². The topological polar surface area (TPSA) is 92.9 Å². The third-order valence-corrected chi connectivity index (χ3v) is 8.60. The highest BCUT2D eigenvalue weighted by Crippen LogP contribution is 2.60. The molecule has 1 N–H and O–H groups in total. The number of allylic oxidation sites excluding steroid dienone is 1. The number of carbonyl (C=O) groups excluding carboxylic acids is 2. The van der Waals surface area contributed by atoms with Crippen LogP contribution >= 0.6 is 0 Å². The van der Waals surface area contributed by atoms with E-state index in [1.807, 2.05) is 6.92 Å². The first-order valence-corrected chi connectivity index (χ1v) is 12.4. The molecule has 8 heteroatoms. The molecule has 9 atom stereocenters. The summed E-state index contributed by atoms with van der Waals surface area (Å²) < 4.78 is 24.2. The Bertz CT molecular complexity index is 825. The fourth-order valence-electron chi connectivity index (χ4n) is 6.63. The number of epoxide rings is 2. The first kappa shape index (κ1) is 23.1. The van der Waals surface area contributed by atoms with Gasteiger partial charge in [0, 0.05) is 32.7 Å². The van der Waals surface area contributed by atoms with Gasteiger partial charge in [-0.15, -0.1) is 0 Å². The average Bonchev–Trinajstić information content (AvgIpc) is 3.73. The molecule has 2 aliphatic carbocycles. The lowest BCUT2D eigenvalue weighted by atomic mass is 9.68. The van der Waals surface area contributed by atoms with Crippen molar-refractivity contribution in [2.75, 3.05) is 33.4 Å². The number of nitrogens with one attached hydrogen (secondary N) is 1. The third kappa shape index (κ3) is 3.98. The first-order chi connectivity index (χ1) is 15.7. The van der Waals surface area contributed by atoms with Crippen molar-refractivity contribution >= 4 is 12.0 Å². The predicted octanol–water partition coefficient (Wildman–Crippen LogP) is 2.51. The Morgan fingerprint density at radius 1 is 1.24 bits per heavy atom. The molecule has 0 aromatic carbocycles. The second-order valence-corrected chi connectivity index (χ2v) is 11.0. The Morgan fingerprint density at radius 3 is 2.52 bits per heavy atom. The van der Waals surface area contributed by atoms with Crippen molar-refractivity contribution in [1.29, 1.82) is 0 Å². The molecule has 0 radical (unpaired) electrons. The van der Waals surface area contributed by atoms with Gasteiger partial charge in [0.15, 0.2) is 0 Å². The molecule has 5 fully saturated rings. The van der Waals surface area contributed by atoms with Crippen LogP contribution in [0, 0.1) is 23.7 Å². The Hall–Kier alpha value is -1.64. The number of amides is 2. The Kier molecular flexibility index (Phi) is 5.77. The fraction of sp³-hybridized carbons (Fsp3) is 0.840. The highest BCUT2D eigenvalue weighted by Gasteiger charge is 2.72. The van der Waals surface area contributed by atoms with Crippen molar-refractivity contribution in [2.45, 2.75) is 76.5 Å². The summed E-state index contributed by atoms with van der Waals surface area (Å²) in [5.41, 5.74) is 0.707. The Balaban J connectivity index is 1.22. The zero-order valence-electron chi connectivity index (χ0n) is 20.5. The van der Waals surface area contributed by atoms with Gasteiger partial charge in [-0.25, -0.2) is 4.79 Å². The number of methoxy groups -OCH3 is 1. The van der Waals surface area contributed by atoms with Crippen molar-refractivity contribution in [1.82, 2.24) is 10.2 Å². The molecule has 3 heterocycles. The molecule has 0 aromatic rings. The molecule has 3 saturated heterocycles. The fourth-order valence-corrected chi connectivity index (χ4v) is 6.63.